The monoisotopic (exact) mass is 438 g/mol. The third kappa shape index (κ3) is 3.14. The third-order valence-corrected chi connectivity index (χ3v) is 7.17. The first-order valence-corrected chi connectivity index (χ1v) is 11.2. The van der Waals surface area contributed by atoms with Gasteiger partial charge < -0.3 is 9.47 Å². The van der Waals surface area contributed by atoms with E-state index in [9.17, 15) is 13.2 Å². The van der Waals surface area contributed by atoms with Crippen molar-refractivity contribution in [2.45, 2.75) is 25.2 Å². The van der Waals surface area contributed by atoms with Crippen LogP contribution in [0.25, 0.3) is 21.8 Å². The zero-order chi connectivity index (χ0) is 22.3. The van der Waals surface area contributed by atoms with Gasteiger partial charge in [0.15, 0.2) is 17.8 Å². The van der Waals surface area contributed by atoms with Crippen LogP contribution < -0.4 is 9.47 Å². The van der Waals surface area contributed by atoms with Crippen LogP contribution in [0.3, 0.4) is 0 Å². The van der Waals surface area contributed by atoms with Crippen molar-refractivity contribution in [2.24, 2.45) is 0 Å². The van der Waals surface area contributed by atoms with Gasteiger partial charge in [0.1, 0.15) is 5.69 Å². The maximum Gasteiger partial charge on any atom is 0.268 e. The van der Waals surface area contributed by atoms with Crippen molar-refractivity contribution in [3.8, 4) is 11.5 Å². The van der Waals surface area contributed by atoms with Crippen LogP contribution in [-0.2, 0) is 16.4 Å². The molecular weight excluding hydrogens is 416 g/mol. The minimum absolute atomic E-state index is 0.157. The fourth-order valence-corrected chi connectivity index (χ4v) is 5.41. The van der Waals surface area contributed by atoms with Gasteiger partial charge in [-0.1, -0.05) is 24.6 Å². The minimum atomic E-state index is -3.96. The number of methoxy groups -OCH3 is 2. The van der Waals surface area contributed by atoms with Crippen LogP contribution in [-0.4, -0.2) is 37.9 Å². The fraction of sp³-hybridized carbons (Fsp3) is 0.217. The van der Waals surface area contributed by atoms with Gasteiger partial charge in [-0.2, -0.15) is 0 Å². The molecule has 0 amide bonds. The standard InChI is InChI=1S/C23H22N2O5S/c1-5-16-18(13-26)24-12-20-23(16)17-10-21(29-3)22(30-4)11-19(17)25(20)31(27,28)15-8-6-14(2)7-9-15/h6-13H,5H2,1-4H3. The van der Waals surface area contributed by atoms with E-state index in [0.717, 1.165) is 5.56 Å². The number of aryl methyl sites for hydroxylation is 2. The van der Waals surface area contributed by atoms with E-state index < -0.39 is 10.0 Å². The zero-order valence-corrected chi connectivity index (χ0v) is 18.5. The van der Waals surface area contributed by atoms with Crippen LogP contribution in [0.1, 0.15) is 28.5 Å². The first-order valence-electron chi connectivity index (χ1n) is 9.72. The number of hydrogen-bond acceptors (Lipinski definition) is 6. The van der Waals surface area contributed by atoms with E-state index in [1.54, 1.807) is 36.4 Å². The van der Waals surface area contributed by atoms with E-state index in [1.807, 2.05) is 13.8 Å². The van der Waals surface area contributed by atoms with Gasteiger partial charge in [-0.3, -0.25) is 9.78 Å². The average Bonchev–Trinajstić information content (AvgIpc) is 3.11. The van der Waals surface area contributed by atoms with Gasteiger partial charge >= 0.3 is 0 Å². The molecule has 0 saturated carbocycles. The molecule has 0 fully saturated rings. The average molecular weight is 439 g/mol. The number of aromatic nitrogens is 2. The Kier molecular flexibility index (Phi) is 5.18. The highest BCUT2D eigenvalue weighted by Gasteiger charge is 2.27. The zero-order valence-electron chi connectivity index (χ0n) is 17.7. The van der Waals surface area contributed by atoms with Crippen LogP contribution in [0.15, 0.2) is 47.5 Å². The Labute approximate surface area is 180 Å². The number of benzene rings is 2. The highest BCUT2D eigenvalue weighted by atomic mass is 32.2. The first kappa shape index (κ1) is 20.9. The van der Waals surface area contributed by atoms with Crippen LogP contribution in [0.5, 0.6) is 11.5 Å². The number of hydrogen-bond donors (Lipinski definition) is 0. The molecule has 7 nitrogen and oxygen atoms in total. The van der Waals surface area contributed by atoms with E-state index in [-0.39, 0.29) is 10.6 Å². The summed E-state index contributed by atoms with van der Waals surface area (Å²) in [5.74, 6) is 0.869. The molecule has 2 heterocycles. The number of rotatable bonds is 6. The van der Waals surface area contributed by atoms with Crippen molar-refractivity contribution in [3.05, 3.63) is 59.4 Å². The topological polar surface area (TPSA) is 87.5 Å². The summed E-state index contributed by atoms with van der Waals surface area (Å²) in [7, 11) is -0.949. The summed E-state index contributed by atoms with van der Waals surface area (Å²) in [4.78, 5) is 16.0. The lowest BCUT2D eigenvalue weighted by Crippen LogP contribution is -2.13. The molecule has 2 aromatic heterocycles. The lowest BCUT2D eigenvalue weighted by atomic mass is 10.0. The van der Waals surface area contributed by atoms with E-state index in [1.165, 1.54) is 24.4 Å². The molecule has 0 unspecified atom stereocenters. The van der Waals surface area contributed by atoms with Crippen molar-refractivity contribution < 1.29 is 22.7 Å². The van der Waals surface area contributed by atoms with Crippen molar-refractivity contribution in [3.63, 3.8) is 0 Å². The lowest BCUT2D eigenvalue weighted by Gasteiger charge is -2.11. The molecule has 0 atom stereocenters. The maximum absolute atomic E-state index is 13.7. The van der Waals surface area contributed by atoms with Crippen LogP contribution in [0.2, 0.25) is 0 Å². The second-order valence-corrected chi connectivity index (χ2v) is 8.95. The molecule has 4 rings (SSSR count). The van der Waals surface area contributed by atoms with Crippen LogP contribution >= 0.6 is 0 Å². The molecule has 160 valence electrons. The summed E-state index contributed by atoms with van der Waals surface area (Å²) in [6.07, 6.45) is 2.63. The predicted molar refractivity (Wildman–Crippen MR) is 119 cm³/mol. The first-order chi connectivity index (χ1) is 14.9. The molecule has 0 radical (unpaired) electrons. The summed E-state index contributed by atoms with van der Waals surface area (Å²) in [6.45, 7) is 3.80. The van der Waals surface area contributed by atoms with Crippen molar-refractivity contribution >= 4 is 38.1 Å². The van der Waals surface area contributed by atoms with Gasteiger partial charge in [0.05, 0.1) is 36.3 Å². The predicted octanol–water partition coefficient (Wildman–Crippen LogP) is 4.13. The van der Waals surface area contributed by atoms with Gasteiger partial charge in [-0.15, -0.1) is 0 Å². The SMILES string of the molecule is CCc1c(C=O)ncc2c1c1cc(OC)c(OC)cc1n2S(=O)(=O)c1ccc(C)cc1. The van der Waals surface area contributed by atoms with Crippen LogP contribution in [0.4, 0.5) is 0 Å². The molecule has 4 aromatic rings. The minimum Gasteiger partial charge on any atom is -0.493 e. The lowest BCUT2D eigenvalue weighted by molar-refractivity contribution is 0.111. The highest BCUT2D eigenvalue weighted by Crippen LogP contribution is 2.41. The van der Waals surface area contributed by atoms with E-state index in [2.05, 4.69) is 4.98 Å². The molecule has 8 heteroatoms. The van der Waals surface area contributed by atoms with E-state index in [4.69, 9.17) is 9.47 Å². The maximum atomic E-state index is 13.7. The summed E-state index contributed by atoms with van der Waals surface area (Å²) in [6, 6.07) is 10.1. The molecule has 31 heavy (non-hydrogen) atoms. The van der Waals surface area contributed by atoms with Crippen molar-refractivity contribution in [2.75, 3.05) is 14.2 Å². The molecule has 0 aliphatic heterocycles. The Morgan fingerprint density at radius 2 is 1.68 bits per heavy atom. The highest BCUT2D eigenvalue weighted by molar-refractivity contribution is 7.90. The number of ether oxygens (including phenoxy) is 2. The molecule has 0 saturated heterocycles. The molecule has 0 aliphatic rings. The Hall–Kier alpha value is -3.39. The molecule has 0 bridgehead atoms. The number of carbonyl (C=O) groups is 1. The summed E-state index contributed by atoms with van der Waals surface area (Å²) < 4.78 is 39.6. The second-order valence-electron chi connectivity index (χ2n) is 7.16. The summed E-state index contributed by atoms with van der Waals surface area (Å²) >= 11 is 0. The number of aldehydes is 1. The molecule has 0 aliphatic carbocycles. The Balaban J connectivity index is 2.23. The summed E-state index contributed by atoms with van der Waals surface area (Å²) in [5.41, 5.74) is 2.75. The van der Waals surface area contributed by atoms with Gasteiger partial charge in [-0.05, 0) is 37.1 Å². The number of nitrogens with zero attached hydrogens (tertiary/aromatic N) is 2. The molecule has 2 aromatic carbocycles. The van der Waals surface area contributed by atoms with Crippen LogP contribution in [0, 0.1) is 6.92 Å². The van der Waals surface area contributed by atoms with Gasteiger partial charge in [-0.25, -0.2) is 12.4 Å². The third-order valence-electron chi connectivity index (χ3n) is 5.43. The quantitative estimate of drug-likeness (QED) is 0.421. The summed E-state index contributed by atoms with van der Waals surface area (Å²) in [5, 5.41) is 1.30. The van der Waals surface area contributed by atoms with Crippen molar-refractivity contribution in [1.29, 1.82) is 0 Å². The Bertz CT molecular complexity index is 1420. The fourth-order valence-electron chi connectivity index (χ4n) is 3.91. The number of pyridine rings is 1. The van der Waals surface area contributed by atoms with Gasteiger partial charge in [0.25, 0.3) is 10.0 Å². The normalized spacial score (nSPS) is 11.7. The number of carbonyl (C=O) groups excluding carboxylic acids is 1. The second kappa shape index (κ2) is 7.70. The van der Waals surface area contributed by atoms with E-state index in [0.29, 0.717) is 51.6 Å². The van der Waals surface area contributed by atoms with Gasteiger partial charge in [0.2, 0.25) is 0 Å². The van der Waals surface area contributed by atoms with Crippen molar-refractivity contribution in [1.82, 2.24) is 8.96 Å². The van der Waals surface area contributed by atoms with Gasteiger partial charge in [0, 0.05) is 16.8 Å². The largest absolute Gasteiger partial charge is 0.493 e. The molecule has 0 spiro atoms. The smallest absolute Gasteiger partial charge is 0.268 e. The molecule has 0 N–H and O–H groups in total. The Morgan fingerprint density at radius 1 is 1.03 bits per heavy atom. The molecular formula is C23H22N2O5S. The van der Waals surface area contributed by atoms with E-state index >= 15 is 0 Å². The number of fused-ring (bicyclic) bond motifs is 3. The Morgan fingerprint density at radius 3 is 2.26 bits per heavy atom.